The van der Waals surface area contributed by atoms with E-state index < -0.39 is 0 Å². The van der Waals surface area contributed by atoms with Crippen LogP contribution in [-0.2, 0) is 11.2 Å². The van der Waals surface area contributed by atoms with E-state index in [-0.39, 0.29) is 29.9 Å². The number of nitrogens with zero attached hydrogens (tertiary/aromatic N) is 3. The van der Waals surface area contributed by atoms with Crippen molar-refractivity contribution in [2.75, 3.05) is 10.2 Å². The molecule has 1 aliphatic heterocycles. The van der Waals surface area contributed by atoms with Gasteiger partial charge in [-0.3, -0.25) is 19.5 Å². The Morgan fingerprint density at radius 2 is 2.00 bits per heavy atom. The molecule has 0 bridgehead atoms. The molecule has 3 aromatic heterocycles. The van der Waals surface area contributed by atoms with Gasteiger partial charge in [0, 0.05) is 24.0 Å². The first-order valence-corrected chi connectivity index (χ1v) is 13.3. The fourth-order valence-electron chi connectivity index (χ4n) is 5.14. The summed E-state index contributed by atoms with van der Waals surface area (Å²) >= 11 is 1.24. The van der Waals surface area contributed by atoms with Gasteiger partial charge >= 0.3 is 6.03 Å². The van der Waals surface area contributed by atoms with Crippen LogP contribution in [-0.4, -0.2) is 39.9 Å². The van der Waals surface area contributed by atoms with E-state index in [2.05, 4.69) is 46.3 Å². The second-order valence-corrected chi connectivity index (χ2v) is 11.0. The van der Waals surface area contributed by atoms with Crippen LogP contribution in [0.2, 0.25) is 0 Å². The van der Waals surface area contributed by atoms with E-state index in [0.29, 0.717) is 32.7 Å². The number of pyridine rings is 2. The lowest BCUT2D eigenvalue weighted by atomic mass is 10.0. The normalized spacial score (nSPS) is 18.7. The number of carbonyl (C=O) groups is 3. The molecule has 4 heterocycles. The van der Waals surface area contributed by atoms with Gasteiger partial charge in [-0.1, -0.05) is 20.4 Å². The van der Waals surface area contributed by atoms with Gasteiger partial charge in [0.05, 0.1) is 28.6 Å². The first-order chi connectivity index (χ1) is 17.8. The summed E-state index contributed by atoms with van der Waals surface area (Å²) in [6, 6.07) is 3.10. The van der Waals surface area contributed by atoms with Gasteiger partial charge in [0.1, 0.15) is 9.71 Å². The highest BCUT2D eigenvalue weighted by Gasteiger charge is 2.35. The zero-order valence-corrected chi connectivity index (χ0v) is 21.9. The van der Waals surface area contributed by atoms with Crippen LogP contribution in [0.5, 0.6) is 0 Å². The summed E-state index contributed by atoms with van der Waals surface area (Å²) in [6.45, 7) is 9.76. The quantitative estimate of drug-likeness (QED) is 0.387. The van der Waals surface area contributed by atoms with Gasteiger partial charge in [0.2, 0.25) is 5.91 Å². The molecule has 0 saturated heterocycles. The van der Waals surface area contributed by atoms with Gasteiger partial charge in [-0.05, 0) is 62.3 Å². The summed E-state index contributed by atoms with van der Waals surface area (Å²) in [4.78, 5) is 50.3. The third-order valence-corrected chi connectivity index (χ3v) is 7.89. The summed E-state index contributed by atoms with van der Waals surface area (Å²) in [5, 5.41) is 9.63. The van der Waals surface area contributed by atoms with E-state index in [1.807, 2.05) is 13.0 Å². The Morgan fingerprint density at radius 3 is 2.70 bits per heavy atom. The molecule has 4 amide bonds. The molecular weight excluding hydrogens is 488 g/mol. The number of rotatable bonds is 7. The molecule has 10 heteroatoms. The van der Waals surface area contributed by atoms with Crippen molar-refractivity contribution in [2.45, 2.75) is 58.5 Å². The highest BCUT2D eigenvalue weighted by atomic mass is 32.1. The van der Waals surface area contributed by atoms with E-state index in [0.717, 1.165) is 42.3 Å². The predicted octanol–water partition coefficient (Wildman–Crippen LogP) is 4.83. The number of aromatic nitrogens is 2. The zero-order chi connectivity index (χ0) is 26.3. The minimum absolute atomic E-state index is 0.159. The average Bonchev–Trinajstić information content (AvgIpc) is 3.44. The fourth-order valence-corrected chi connectivity index (χ4v) is 6.16. The van der Waals surface area contributed by atoms with E-state index in [9.17, 15) is 14.4 Å². The number of amides is 4. The van der Waals surface area contributed by atoms with Crippen molar-refractivity contribution in [3.8, 4) is 0 Å². The smallest absolute Gasteiger partial charge is 0.331 e. The fraction of sp³-hybridized carbons (Fsp3) is 0.370. The molecule has 3 N–H and O–H groups in total. The zero-order valence-electron chi connectivity index (χ0n) is 21.1. The van der Waals surface area contributed by atoms with Gasteiger partial charge in [0.25, 0.3) is 5.91 Å². The van der Waals surface area contributed by atoms with Crippen LogP contribution in [0.3, 0.4) is 0 Å². The first-order valence-electron chi connectivity index (χ1n) is 12.5. The van der Waals surface area contributed by atoms with Crippen LogP contribution in [0.15, 0.2) is 37.2 Å². The maximum Gasteiger partial charge on any atom is 0.331 e. The standard InChI is InChI=1S/C27H30N6O3S/c1-5-21(34)30-17-7-6-8-18(17)31-25(35)24-23-22-19(9-10-28-26(22)37-24)33(27(36)32-23)20-13-29-16(11-14(2)3)12-15(20)4/h5,9-10,12-14,17-18H,1,6-8,11H2,2-4H3,(H,30,34)(H,31,35)(H,32,36)/t17-,18+/m0/s1. The third-order valence-electron chi connectivity index (χ3n) is 6.80. The van der Waals surface area contributed by atoms with E-state index >= 15 is 0 Å². The number of urea groups is 1. The Kier molecular flexibility index (Phi) is 6.68. The molecule has 0 aromatic carbocycles. The SMILES string of the molecule is C=CC(=O)N[C@H]1CCC[C@H]1NC(=O)c1sc2nccc3c2c1NC(=O)N3c1cnc(CC(C)C)cc1C. The van der Waals surface area contributed by atoms with E-state index in [1.54, 1.807) is 23.4 Å². The predicted molar refractivity (Wildman–Crippen MR) is 146 cm³/mol. The number of carbonyl (C=O) groups excluding carboxylic acids is 3. The number of nitrogens with one attached hydrogen (secondary N) is 3. The molecule has 37 heavy (non-hydrogen) atoms. The number of thiophene rings is 1. The third kappa shape index (κ3) is 4.69. The van der Waals surface area contributed by atoms with E-state index in [4.69, 9.17) is 0 Å². The molecule has 2 atom stereocenters. The monoisotopic (exact) mass is 518 g/mol. The van der Waals surface area contributed by atoms with E-state index in [1.165, 1.54) is 17.4 Å². The number of hydrogen-bond donors (Lipinski definition) is 3. The summed E-state index contributed by atoms with van der Waals surface area (Å²) < 4.78 is 0. The van der Waals surface area contributed by atoms with Crippen molar-refractivity contribution in [1.82, 2.24) is 20.6 Å². The van der Waals surface area contributed by atoms with Crippen molar-refractivity contribution in [1.29, 1.82) is 0 Å². The summed E-state index contributed by atoms with van der Waals surface area (Å²) in [7, 11) is 0. The van der Waals surface area contributed by atoms with Crippen LogP contribution in [0.1, 0.15) is 54.0 Å². The molecular formula is C27H30N6O3S. The molecule has 1 saturated carbocycles. The van der Waals surface area contributed by atoms with Crippen LogP contribution in [0.25, 0.3) is 10.2 Å². The maximum absolute atomic E-state index is 13.4. The van der Waals surface area contributed by atoms with Gasteiger partial charge in [0.15, 0.2) is 0 Å². The first kappa shape index (κ1) is 24.9. The van der Waals surface area contributed by atoms with Crippen molar-refractivity contribution in [3.63, 3.8) is 0 Å². The lowest BCUT2D eigenvalue weighted by Crippen LogP contribution is -2.48. The lowest BCUT2D eigenvalue weighted by Gasteiger charge is -2.29. The molecule has 0 radical (unpaired) electrons. The Morgan fingerprint density at radius 1 is 1.24 bits per heavy atom. The highest BCUT2D eigenvalue weighted by Crippen LogP contribution is 2.46. The minimum Gasteiger partial charge on any atom is -0.348 e. The van der Waals surface area contributed by atoms with Crippen LogP contribution in [0.4, 0.5) is 21.9 Å². The number of aryl methyl sites for hydroxylation is 1. The molecule has 2 aliphatic rings. The van der Waals surface area contributed by atoms with Crippen molar-refractivity contribution in [3.05, 3.63) is 53.3 Å². The van der Waals surface area contributed by atoms with Gasteiger partial charge in [-0.2, -0.15) is 0 Å². The van der Waals surface area contributed by atoms with Crippen molar-refractivity contribution >= 4 is 56.5 Å². The Balaban J connectivity index is 1.47. The van der Waals surface area contributed by atoms with Crippen molar-refractivity contribution in [2.24, 2.45) is 5.92 Å². The summed E-state index contributed by atoms with van der Waals surface area (Å²) in [6.07, 6.45) is 7.92. The molecule has 5 rings (SSSR count). The van der Waals surface area contributed by atoms with Gasteiger partial charge in [-0.25, -0.2) is 9.78 Å². The molecule has 0 spiro atoms. The van der Waals surface area contributed by atoms with Gasteiger partial charge in [-0.15, -0.1) is 11.3 Å². The Labute approximate surface area is 219 Å². The lowest BCUT2D eigenvalue weighted by molar-refractivity contribution is -0.117. The average molecular weight is 519 g/mol. The molecule has 1 fully saturated rings. The number of hydrogen-bond acceptors (Lipinski definition) is 6. The second kappa shape index (κ2) is 9.93. The Hall–Kier alpha value is -3.79. The number of anilines is 3. The molecule has 3 aromatic rings. The maximum atomic E-state index is 13.4. The molecule has 1 aliphatic carbocycles. The molecule has 0 unspecified atom stereocenters. The topological polar surface area (TPSA) is 116 Å². The second-order valence-electron chi connectivity index (χ2n) is 9.97. The van der Waals surface area contributed by atoms with Crippen LogP contribution >= 0.6 is 11.3 Å². The van der Waals surface area contributed by atoms with Crippen LogP contribution in [0, 0.1) is 12.8 Å². The van der Waals surface area contributed by atoms with Crippen LogP contribution < -0.4 is 20.9 Å². The largest absolute Gasteiger partial charge is 0.348 e. The summed E-state index contributed by atoms with van der Waals surface area (Å²) in [5.74, 6) is -0.0729. The molecule has 192 valence electrons. The summed E-state index contributed by atoms with van der Waals surface area (Å²) in [5.41, 5.74) is 3.74. The molecule has 9 nitrogen and oxygen atoms in total. The minimum atomic E-state index is -0.356. The van der Waals surface area contributed by atoms with Gasteiger partial charge < -0.3 is 16.0 Å². The Bertz CT molecular complexity index is 1410. The van der Waals surface area contributed by atoms with Crippen molar-refractivity contribution < 1.29 is 14.4 Å². The highest BCUT2D eigenvalue weighted by molar-refractivity contribution is 7.21.